The lowest BCUT2D eigenvalue weighted by atomic mass is 10.3. The van der Waals surface area contributed by atoms with Gasteiger partial charge in [0.2, 0.25) is 0 Å². The van der Waals surface area contributed by atoms with Gasteiger partial charge in [-0.25, -0.2) is 0 Å². The molecule has 0 radical (unpaired) electrons. The molecular formula is C8H17BrMgO. The maximum Gasteiger partial charge on any atom is 0.468 e. The van der Waals surface area contributed by atoms with Crippen molar-refractivity contribution in [2.75, 3.05) is 13.2 Å². The lowest BCUT2D eigenvalue weighted by Gasteiger charge is -2.01. The van der Waals surface area contributed by atoms with Gasteiger partial charge < -0.3 is 17.6 Å². The fourth-order valence-electron chi connectivity index (χ4n) is 0.824. The SMILES string of the molecule is CCCCOCCC[CH2][Mg][Br]. The summed E-state index contributed by atoms with van der Waals surface area (Å²) in [5.74, 6) is 0. The van der Waals surface area contributed by atoms with Crippen LogP contribution >= 0.6 is 12.9 Å². The number of ether oxygens (including phenoxy) is 1. The molecule has 0 aromatic carbocycles. The summed E-state index contributed by atoms with van der Waals surface area (Å²) < 4.78 is 6.83. The first-order valence-corrected chi connectivity index (χ1v) is 9.45. The fraction of sp³-hybridized carbons (Fsp3) is 1.00. The summed E-state index contributed by atoms with van der Waals surface area (Å²) in [6.45, 7) is 4.13. The topological polar surface area (TPSA) is 9.23 Å². The van der Waals surface area contributed by atoms with Crippen LogP contribution < -0.4 is 0 Å². The Kier molecular flexibility index (Phi) is 12.4. The van der Waals surface area contributed by atoms with Crippen molar-refractivity contribution >= 4 is 31.1 Å². The average Bonchev–Trinajstić information content (AvgIpc) is 2.03. The van der Waals surface area contributed by atoms with E-state index in [-0.39, 0.29) is 18.2 Å². The Morgan fingerprint density at radius 2 is 1.91 bits per heavy atom. The maximum atomic E-state index is 5.42. The highest BCUT2D eigenvalue weighted by Gasteiger charge is 1.91. The monoisotopic (exact) mass is 232 g/mol. The number of hydrogen-bond donors (Lipinski definition) is 0. The van der Waals surface area contributed by atoms with E-state index >= 15 is 0 Å². The van der Waals surface area contributed by atoms with Crippen LogP contribution in [0.3, 0.4) is 0 Å². The van der Waals surface area contributed by atoms with E-state index in [1.54, 1.807) is 0 Å². The molecule has 1 nitrogen and oxygen atoms in total. The lowest BCUT2D eigenvalue weighted by Crippen LogP contribution is -1.96. The molecule has 0 aliphatic carbocycles. The zero-order valence-electron chi connectivity index (χ0n) is 7.44. The molecule has 0 spiro atoms. The summed E-state index contributed by atoms with van der Waals surface area (Å²) in [6, 6.07) is 0. The van der Waals surface area contributed by atoms with Crippen LogP contribution in [0.4, 0.5) is 0 Å². The normalized spacial score (nSPS) is 9.64. The van der Waals surface area contributed by atoms with E-state index in [9.17, 15) is 0 Å². The van der Waals surface area contributed by atoms with Crippen molar-refractivity contribution in [3.8, 4) is 0 Å². The van der Waals surface area contributed by atoms with E-state index in [2.05, 4.69) is 19.8 Å². The van der Waals surface area contributed by atoms with E-state index in [1.165, 1.54) is 30.2 Å². The summed E-state index contributed by atoms with van der Waals surface area (Å²) in [5, 5.41) is 0. The van der Waals surface area contributed by atoms with Gasteiger partial charge in [-0.1, -0.05) is 19.8 Å². The third kappa shape index (κ3) is 11.2. The smallest absolute Gasteiger partial charge is 0.381 e. The zero-order chi connectivity index (χ0) is 8.36. The van der Waals surface area contributed by atoms with Gasteiger partial charge in [0, 0.05) is 13.2 Å². The average molecular weight is 233 g/mol. The summed E-state index contributed by atoms with van der Waals surface area (Å²) in [5.41, 5.74) is 0. The van der Waals surface area contributed by atoms with Gasteiger partial charge in [-0.15, -0.1) is 4.55 Å². The molecular weight excluding hydrogens is 216 g/mol. The maximum absolute atomic E-state index is 5.42. The minimum absolute atomic E-state index is 0.127. The van der Waals surface area contributed by atoms with Crippen LogP contribution in [0.25, 0.3) is 0 Å². The van der Waals surface area contributed by atoms with Crippen molar-refractivity contribution in [2.24, 2.45) is 0 Å². The second kappa shape index (κ2) is 11.2. The first-order chi connectivity index (χ1) is 5.41. The Labute approximate surface area is 85.9 Å². The molecule has 0 aromatic heterocycles. The van der Waals surface area contributed by atoms with Gasteiger partial charge in [0.15, 0.2) is 0 Å². The first-order valence-electron chi connectivity index (χ1n) is 4.55. The van der Waals surface area contributed by atoms with E-state index in [0.717, 1.165) is 13.2 Å². The number of hydrogen-bond acceptors (Lipinski definition) is 1. The number of rotatable bonds is 8. The van der Waals surface area contributed by atoms with Crippen LogP contribution in [0, 0.1) is 0 Å². The Morgan fingerprint density at radius 1 is 1.18 bits per heavy atom. The lowest BCUT2D eigenvalue weighted by molar-refractivity contribution is 0.128. The molecule has 0 atom stereocenters. The Hall–Kier alpha value is 1.21. The predicted molar refractivity (Wildman–Crippen MR) is 54.4 cm³/mol. The van der Waals surface area contributed by atoms with Gasteiger partial charge in [0.1, 0.15) is 0 Å². The highest BCUT2D eigenvalue weighted by molar-refractivity contribution is 9.23. The first kappa shape index (κ1) is 12.2. The van der Waals surface area contributed by atoms with Crippen LogP contribution in [0.2, 0.25) is 4.55 Å². The predicted octanol–water partition coefficient (Wildman–Crippen LogP) is 3.02. The summed E-state index contributed by atoms with van der Waals surface area (Å²) in [4.78, 5) is 0. The van der Waals surface area contributed by atoms with Gasteiger partial charge in [-0.3, -0.25) is 0 Å². The Balaban J connectivity index is 2.69. The van der Waals surface area contributed by atoms with Gasteiger partial charge in [-0.05, 0) is 12.8 Å². The second-order valence-electron chi connectivity index (χ2n) is 2.72. The molecule has 64 valence electrons. The molecule has 0 aliphatic heterocycles. The van der Waals surface area contributed by atoms with Crippen molar-refractivity contribution in [2.45, 2.75) is 37.2 Å². The summed E-state index contributed by atoms with van der Waals surface area (Å²) >= 11 is 3.67. The van der Waals surface area contributed by atoms with Gasteiger partial charge in [0.05, 0.1) is 0 Å². The molecule has 0 aromatic rings. The molecule has 0 amide bonds. The van der Waals surface area contributed by atoms with Gasteiger partial charge in [-0.2, -0.15) is 0 Å². The van der Waals surface area contributed by atoms with Crippen molar-refractivity contribution in [1.82, 2.24) is 0 Å². The molecule has 0 bridgehead atoms. The third-order valence-corrected chi connectivity index (χ3v) is 4.01. The molecule has 0 heterocycles. The largest absolute Gasteiger partial charge is 0.468 e. The standard InChI is InChI=1S/C8H17O.BrH.Mg/c1-3-5-7-9-8-6-4-2;;/h1,3-8H2,2H3;1H;/q;;+1/p-1. The van der Waals surface area contributed by atoms with E-state index in [1.807, 2.05) is 0 Å². The van der Waals surface area contributed by atoms with E-state index in [4.69, 9.17) is 4.74 Å². The Bertz CT molecular complexity index is 63.1. The fourth-order valence-corrected chi connectivity index (χ4v) is 2.56. The van der Waals surface area contributed by atoms with Crippen molar-refractivity contribution < 1.29 is 4.74 Å². The highest BCUT2D eigenvalue weighted by Crippen LogP contribution is 1.98. The third-order valence-electron chi connectivity index (χ3n) is 1.56. The molecule has 0 N–H and O–H groups in total. The quantitative estimate of drug-likeness (QED) is 0.462. The molecule has 0 fully saturated rings. The van der Waals surface area contributed by atoms with Crippen molar-refractivity contribution in [3.05, 3.63) is 0 Å². The van der Waals surface area contributed by atoms with Crippen LogP contribution in [-0.2, 0) is 4.74 Å². The minimum Gasteiger partial charge on any atom is -0.381 e. The van der Waals surface area contributed by atoms with Crippen molar-refractivity contribution in [3.63, 3.8) is 0 Å². The molecule has 0 unspecified atom stereocenters. The van der Waals surface area contributed by atoms with E-state index < -0.39 is 0 Å². The molecule has 0 rings (SSSR count). The molecule has 0 aliphatic rings. The second-order valence-corrected chi connectivity index (χ2v) is 6.18. The molecule has 0 saturated carbocycles. The molecule has 0 saturated heterocycles. The summed E-state index contributed by atoms with van der Waals surface area (Å²) in [6.07, 6.45) is 5.06. The number of halogens is 1. The highest BCUT2D eigenvalue weighted by atomic mass is 79.9. The van der Waals surface area contributed by atoms with E-state index in [0.29, 0.717) is 0 Å². The minimum atomic E-state index is 0.127. The van der Waals surface area contributed by atoms with Gasteiger partial charge in [0.25, 0.3) is 0 Å². The van der Waals surface area contributed by atoms with Crippen LogP contribution in [0.1, 0.15) is 32.6 Å². The number of unbranched alkanes of at least 4 members (excludes halogenated alkanes) is 2. The Morgan fingerprint density at radius 3 is 2.55 bits per heavy atom. The van der Waals surface area contributed by atoms with Crippen LogP contribution in [0.15, 0.2) is 0 Å². The van der Waals surface area contributed by atoms with Crippen LogP contribution in [0.5, 0.6) is 0 Å². The van der Waals surface area contributed by atoms with Crippen molar-refractivity contribution in [1.29, 1.82) is 0 Å². The molecule has 11 heavy (non-hydrogen) atoms. The van der Waals surface area contributed by atoms with Gasteiger partial charge >= 0.3 is 18.2 Å². The molecule has 3 heteroatoms. The summed E-state index contributed by atoms with van der Waals surface area (Å²) in [7, 11) is 0. The van der Waals surface area contributed by atoms with Crippen LogP contribution in [-0.4, -0.2) is 31.4 Å². The zero-order valence-corrected chi connectivity index (χ0v) is 10.4.